The molecular weight excluding hydrogens is 779 g/mol. The summed E-state index contributed by atoms with van der Waals surface area (Å²) in [4.78, 5) is 69.2. The summed E-state index contributed by atoms with van der Waals surface area (Å²) >= 11 is 0. The lowest BCUT2D eigenvalue weighted by atomic mass is 9.90. The van der Waals surface area contributed by atoms with Crippen LogP contribution in [-0.4, -0.2) is 108 Å². The highest BCUT2D eigenvalue weighted by Crippen LogP contribution is 2.45. The highest BCUT2D eigenvalue weighted by molar-refractivity contribution is 6.06. The summed E-state index contributed by atoms with van der Waals surface area (Å²) in [7, 11) is 4.08. The number of alkyl carbamates (subject to hydrolysis) is 2. The van der Waals surface area contributed by atoms with Gasteiger partial charge in [-0.1, -0.05) is 39.0 Å². The van der Waals surface area contributed by atoms with Crippen LogP contribution in [-0.2, 0) is 36.8 Å². The number of benzene rings is 3. The maximum absolute atomic E-state index is 14.0. The molecule has 0 spiro atoms. The molecule has 2 fully saturated rings. The lowest BCUT2D eigenvalue weighted by Gasteiger charge is -2.32. The van der Waals surface area contributed by atoms with Crippen LogP contribution in [0.5, 0.6) is 5.75 Å². The first kappa shape index (κ1) is 41.8. The molecule has 322 valence electrons. The number of ether oxygens (including phenoxy) is 4. The van der Waals surface area contributed by atoms with Crippen molar-refractivity contribution in [3.8, 4) is 28.1 Å². The van der Waals surface area contributed by atoms with Crippen molar-refractivity contribution in [1.29, 1.82) is 0 Å². The second-order valence-corrected chi connectivity index (χ2v) is 17.2. The van der Waals surface area contributed by atoms with E-state index >= 15 is 0 Å². The molecule has 4 aromatic rings. The van der Waals surface area contributed by atoms with E-state index in [1.165, 1.54) is 21.3 Å². The van der Waals surface area contributed by atoms with Crippen molar-refractivity contribution in [2.75, 3.05) is 27.9 Å². The van der Waals surface area contributed by atoms with Crippen molar-refractivity contribution >= 4 is 46.2 Å². The molecule has 3 aromatic carbocycles. The molecule has 4 amide bonds. The molecule has 1 aromatic heterocycles. The number of methoxy groups -OCH3 is 3. The van der Waals surface area contributed by atoms with Gasteiger partial charge in [0.25, 0.3) is 0 Å². The smallest absolute Gasteiger partial charge is 0.407 e. The van der Waals surface area contributed by atoms with Crippen LogP contribution >= 0.6 is 0 Å². The summed E-state index contributed by atoms with van der Waals surface area (Å²) in [5.41, 5.74) is 7.88. The average molecular weight is 834 g/mol. The van der Waals surface area contributed by atoms with Crippen molar-refractivity contribution in [1.82, 2.24) is 30.4 Å². The van der Waals surface area contributed by atoms with Gasteiger partial charge in [-0.25, -0.2) is 14.6 Å². The Balaban J connectivity index is 1.01. The number of aromatic nitrogens is 2. The Morgan fingerprint density at radius 2 is 1.64 bits per heavy atom. The second-order valence-electron chi connectivity index (χ2n) is 17.2. The van der Waals surface area contributed by atoms with E-state index in [-0.39, 0.29) is 41.8 Å². The van der Waals surface area contributed by atoms with Gasteiger partial charge in [-0.05, 0) is 102 Å². The SMILES string of the molecule is COC(=O)N[C@H](C(=O)N1C(c2ncc(-c3ccc4c(c3)COc3cc5c6c(ccc5cc3-4)N=C(C3C[C@H](C)CN3C(=O)[C@@H](NC(=O)OC)[C@H](C)OC)C6)[nH]2)CC[C@@H]1C)C(C)C. The van der Waals surface area contributed by atoms with E-state index in [1.54, 1.807) is 6.92 Å². The van der Waals surface area contributed by atoms with Crippen molar-refractivity contribution in [3.05, 3.63) is 65.6 Å². The van der Waals surface area contributed by atoms with Gasteiger partial charge in [0.15, 0.2) is 0 Å². The van der Waals surface area contributed by atoms with Gasteiger partial charge in [0.2, 0.25) is 11.8 Å². The number of H-pyrrole nitrogens is 1. The Kier molecular flexibility index (Phi) is 11.5. The van der Waals surface area contributed by atoms with E-state index in [1.807, 2.05) is 36.8 Å². The molecule has 2 unspecified atom stereocenters. The number of rotatable bonds is 10. The second kappa shape index (κ2) is 16.8. The lowest BCUT2D eigenvalue weighted by Crippen LogP contribution is -2.56. The van der Waals surface area contributed by atoms with E-state index in [4.69, 9.17) is 28.9 Å². The zero-order valence-corrected chi connectivity index (χ0v) is 36.0. The van der Waals surface area contributed by atoms with E-state index in [0.717, 1.165) is 80.7 Å². The number of carbonyl (C=O) groups excluding carboxylic acids is 4. The van der Waals surface area contributed by atoms with E-state index in [9.17, 15) is 19.2 Å². The Bertz CT molecular complexity index is 2410. The maximum atomic E-state index is 14.0. The normalized spacial score (nSPS) is 21.8. The number of carbonyl (C=O) groups is 4. The molecule has 7 atom stereocenters. The van der Waals surface area contributed by atoms with E-state index in [2.05, 4.69) is 65.0 Å². The number of likely N-dealkylation sites (tertiary alicyclic amines) is 2. The fourth-order valence-electron chi connectivity index (χ4n) is 9.51. The number of fused-ring (bicyclic) bond motifs is 6. The van der Waals surface area contributed by atoms with E-state index in [0.29, 0.717) is 25.4 Å². The minimum Gasteiger partial charge on any atom is -0.488 e. The minimum absolute atomic E-state index is 0.0156. The predicted molar refractivity (Wildman–Crippen MR) is 230 cm³/mol. The molecule has 15 heteroatoms. The molecule has 0 saturated carbocycles. The Labute approximate surface area is 355 Å². The first-order valence-electron chi connectivity index (χ1n) is 21.1. The molecular formula is C46H55N7O8. The van der Waals surface area contributed by atoms with Crippen molar-refractivity contribution in [3.63, 3.8) is 0 Å². The van der Waals surface area contributed by atoms with Gasteiger partial charge < -0.3 is 44.4 Å². The largest absolute Gasteiger partial charge is 0.488 e. The van der Waals surface area contributed by atoms with E-state index < -0.39 is 30.4 Å². The number of aliphatic imine (C=N–C) groups is 1. The third kappa shape index (κ3) is 7.79. The number of aromatic amines is 1. The van der Waals surface area contributed by atoms with Gasteiger partial charge in [0.05, 0.1) is 50.0 Å². The minimum atomic E-state index is -0.902. The van der Waals surface area contributed by atoms with Gasteiger partial charge in [0, 0.05) is 37.4 Å². The van der Waals surface area contributed by atoms with Crippen LogP contribution in [0, 0.1) is 11.8 Å². The molecule has 8 rings (SSSR count). The van der Waals surface area contributed by atoms with Crippen LogP contribution in [0.2, 0.25) is 0 Å². The van der Waals surface area contributed by atoms with Gasteiger partial charge in [-0.15, -0.1) is 0 Å². The zero-order chi connectivity index (χ0) is 43.3. The van der Waals surface area contributed by atoms with Crippen LogP contribution in [0.15, 0.2) is 53.7 Å². The quantitative estimate of drug-likeness (QED) is 0.154. The third-order valence-electron chi connectivity index (χ3n) is 12.9. The van der Waals surface area contributed by atoms with Crippen LogP contribution in [0.3, 0.4) is 0 Å². The molecule has 2 saturated heterocycles. The van der Waals surface area contributed by atoms with Crippen LogP contribution in [0.4, 0.5) is 15.3 Å². The van der Waals surface area contributed by atoms with Gasteiger partial charge >= 0.3 is 12.2 Å². The number of amides is 4. The van der Waals surface area contributed by atoms with Gasteiger partial charge in [-0.3, -0.25) is 14.6 Å². The van der Waals surface area contributed by atoms with Crippen LogP contribution in [0.1, 0.15) is 76.9 Å². The summed E-state index contributed by atoms with van der Waals surface area (Å²) in [6.07, 6.45) is 2.88. The summed E-state index contributed by atoms with van der Waals surface area (Å²) < 4.78 is 21.6. The average Bonchev–Trinajstić information content (AvgIpc) is 4.08. The monoisotopic (exact) mass is 833 g/mol. The van der Waals surface area contributed by atoms with Crippen molar-refractivity contribution < 1.29 is 38.1 Å². The molecule has 0 bridgehead atoms. The number of nitrogens with one attached hydrogen (secondary N) is 3. The molecule has 61 heavy (non-hydrogen) atoms. The topological polar surface area (TPSA) is 177 Å². The van der Waals surface area contributed by atoms with Crippen molar-refractivity contribution in [2.24, 2.45) is 16.8 Å². The molecule has 4 aliphatic rings. The third-order valence-corrected chi connectivity index (χ3v) is 12.9. The molecule has 3 N–H and O–H groups in total. The molecule has 0 aliphatic carbocycles. The van der Waals surface area contributed by atoms with Crippen LogP contribution < -0.4 is 15.4 Å². The lowest BCUT2D eigenvalue weighted by molar-refractivity contribution is -0.137. The van der Waals surface area contributed by atoms with Crippen LogP contribution in [0.25, 0.3) is 33.2 Å². The summed E-state index contributed by atoms with van der Waals surface area (Å²) in [5.74, 6) is 1.27. The number of hydrogen-bond acceptors (Lipinski definition) is 10. The van der Waals surface area contributed by atoms with Crippen molar-refractivity contribution in [2.45, 2.75) is 103 Å². The predicted octanol–water partition coefficient (Wildman–Crippen LogP) is 6.85. The Morgan fingerprint density at radius 1 is 0.885 bits per heavy atom. The number of imidazole rings is 1. The highest BCUT2D eigenvalue weighted by Gasteiger charge is 2.43. The Morgan fingerprint density at radius 3 is 2.36 bits per heavy atom. The van der Waals surface area contributed by atoms with Gasteiger partial charge in [0.1, 0.15) is 30.3 Å². The molecule has 4 aliphatic heterocycles. The number of nitrogens with zero attached hydrogens (tertiary/aromatic N) is 4. The first-order valence-corrected chi connectivity index (χ1v) is 21.1. The number of hydrogen-bond donors (Lipinski definition) is 3. The fourth-order valence-corrected chi connectivity index (χ4v) is 9.51. The molecule has 5 heterocycles. The molecule has 0 radical (unpaired) electrons. The fraction of sp³-hybridized carbons (Fsp3) is 0.478. The zero-order valence-electron chi connectivity index (χ0n) is 36.0. The summed E-state index contributed by atoms with van der Waals surface area (Å²) in [5, 5.41) is 7.54. The Hall–Kier alpha value is -5.96. The molecule has 15 nitrogen and oxygen atoms in total. The standard InChI is InChI=1S/C46H55N7O8/c1-23(2)40(50-45(56)59-7)44(55)53-25(4)9-14-37(53)42-47-20-36(49-42)28-10-12-30-29(16-28)22-61-39-19-31-27(17-33(30)39)11-13-34-32(31)18-35(48-34)38-15-24(3)21-52(38)43(54)41(26(5)58-6)51-46(57)60-8/h10-13,16-17,19-20,23-26,37-38,40-41H,9,14-15,18,21-22H2,1-8H3,(H,47,49)(H,50,56)(H,51,57)/t24-,25-,26-,37?,38?,40-,41-/m0/s1. The van der Waals surface area contributed by atoms with Gasteiger partial charge in [-0.2, -0.15) is 0 Å². The highest BCUT2D eigenvalue weighted by atomic mass is 16.5. The summed E-state index contributed by atoms with van der Waals surface area (Å²) in [6, 6.07) is 12.7. The first-order chi connectivity index (χ1) is 29.3. The maximum Gasteiger partial charge on any atom is 0.407 e. The summed E-state index contributed by atoms with van der Waals surface area (Å²) in [6.45, 7) is 10.7.